The highest BCUT2D eigenvalue weighted by molar-refractivity contribution is 5.92. The fourth-order valence-corrected chi connectivity index (χ4v) is 3.82. The second kappa shape index (κ2) is 7.35. The first kappa shape index (κ1) is 17.5. The number of nitrogens with zero attached hydrogens (tertiary/aromatic N) is 2. The molecule has 4 rings (SSSR count). The van der Waals surface area contributed by atoms with Gasteiger partial charge >= 0.3 is 6.03 Å². The predicted molar refractivity (Wildman–Crippen MR) is 108 cm³/mol. The Morgan fingerprint density at radius 2 is 1.93 bits per heavy atom. The predicted octanol–water partition coefficient (Wildman–Crippen LogP) is 4.65. The zero-order chi connectivity index (χ0) is 18.8. The number of amides is 2. The number of hydrogen-bond acceptors (Lipinski definition) is 2. The van der Waals surface area contributed by atoms with Crippen molar-refractivity contribution in [1.29, 1.82) is 0 Å². The third kappa shape index (κ3) is 3.37. The molecule has 0 atom stereocenters. The third-order valence-electron chi connectivity index (χ3n) is 5.13. The summed E-state index contributed by atoms with van der Waals surface area (Å²) >= 11 is 0. The summed E-state index contributed by atoms with van der Waals surface area (Å²) in [6.45, 7) is 7.04. The van der Waals surface area contributed by atoms with Crippen molar-refractivity contribution in [1.82, 2.24) is 9.47 Å². The number of benzene rings is 2. The molecule has 0 fully saturated rings. The molecule has 0 unspecified atom stereocenters. The number of rotatable bonds is 4. The maximum Gasteiger partial charge on any atom is 0.322 e. The highest BCUT2D eigenvalue weighted by atomic mass is 16.5. The number of carbonyl (C=O) groups excluding carboxylic acids is 1. The van der Waals surface area contributed by atoms with Gasteiger partial charge in [0.05, 0.1) is 6.61 Å². The van der Waals surface area contributed by atoms with Crippen LogP contribution in [0.1, 0.15) is 25.0 Å². The van der Waals surface area contributed by atoms with E-state index in [1.54, 1.807) is 0 Å². The maximum absolute atomic E-state index is 12.8. The fraction of sp³-hybridized carbons (Fsp3) is 0.318. The second-order valence-corrected chi connectivity index (χ2v) is 6.81. The number of carbonyl (C=O) groups is 1. The fourth-order valence-electron chi connectivity index (χ4n) is 3.82. The number of ether oxygens (including phenoxy) is 1. The molecule has 2 aromatic carbocycles. The molecule has 0 radical (unpaired) electrons. The molecule has 2 heterocycles. The number of anilines is 1. The van der Waals surface area contributed by atoms with E-state index >= 15 is 0 Å². The van der Waals surface area contributed by atoms with Gasteiger partial charge in [0.25, 0.3) is 0 Å². The Balaban J connectivity index is 1.53. The SMILES string of the molecule is CCOc1ccc(NC(=O)N2CCc3cn(CC)c4cccc(c34)C2)cc1. The number of urea groups is 1. The summed E-state index contributed by atoms with van der Waals surface area (Å²) in [5, 5.41) is 4.32. The molecule has 0 spiro atoms. The van der Waals surface area contributed by atoms with Gasteiger partial charge in [-0.05, 0) is 61.7 Å². The van der Waals surface area contributed by atoms with Crippen molar-refractivity contribution in [3.05, 3.63) is 59.8 Å². The van der Waals surface area contributed by atoms with Crippen LogP contribution in [0, 0.1) is 0 Å². The molecule has 5 heteroatoms. The summed E-state index contributed by atoms with van der Waals surface area (Å²) in [7, 11) is 0. The van der Waals surface area contributed by atoms with Crippen LogP contribution in [0.3, 0.4) is 0 Å². The molecule has 0 saturated heterocycles. The van der Waals surface area contributed by atoms with Crippen LogP contribution < -0.4 is 10.1 Å². The molecule has 2 amide bonds. The molecule has 3 aromatic rings. The quantitative estimate of drug-likeness (QED) is 0.733. The van der Waals surface area contributed by atoms with E-state index in [4.69, 9.17) is 4.74 Å². The van der Waals surface area contributed by atoms with Gasteiger partial charge in [0, 0.05) is 42.4 Å². The number of nitrogens with one attached hydrogen (secondary N) is 1. The van der Waals surface area contributed by atoms with E-state index in [1.165, 1.54) is 22.0 Å². The summed E-state index contributed by atoms with van der Waals surface area (Å²) in [6.07, 6.45) is 3.11. The van der Waals surface area contributed by atoms with Crippen molar-refractivity contribution in [2.24, 2.45) is 0 Å². The summed E-state index contributed by atoms with van der Waals surface area (Å²) in [4.78, 5) is 14.7. The summed E-state index contributed by atoms with van der Waals surface area (Å²) < 4.78 is 7.75. The van der Waals surface area contributed by atoms with Crippen molar-refractivity contribution < 1.29 is 9.53 Å². The summed E-state index contributed by atoms with van der Waals surface area (Å²) in [5.74, 6) is 0.809. The van der Waals surface area contributed by atoms with Gasteiger partial charge in [0.2, 0.25) is 0 Å². The van der Waals surface area contributed by atoms with Crippen LogP contribution in [0.5, 0.6) is 5.75 Å². The minimum Gasteiger partial charge on any atom is -0.494 e. The van der Waals surface area contributed by atoms with Gasteiger partial charge in [0.1, 0.15) is 5.75 Å². The zero-order valence-corrected chi connectivity index (χ0v) is 15.9. The average molecular weight is 363 g/mol. The minimum absolute atomic E-state index is 0.0651. The van der Waals surface area contributed by atoms with E-state index in [9.17, 15) is 4.79 Å². The Labute approximate surface area is 159 Å². The van der Waals surface area contributed by atoms with Crippen LogP contribution in [0.15, 0.2) is 48.7 Å². The molecule has 27 heavy (non-hydrogen) atoms. The molecular formula is C22H25N3O2. The highest BCUT2D eigenvalue weighted by Crippen LogP contribution is 2.29. The lowest BCUT2D eigenvalue weighted by atomic mass is 10.1. The molecular weight excluding hydrogens is 338 g/mol. The average Bonchev–Trinajstić information content (AvgIpc) is 2.94. The van der Waals surface area contributed by atoms with Crippen LogP contribution in [-0.4, -0.2) is 28.6 Å². The van der Waals surface area contributed by atoms with Gasteiger partial charge in [-0.3, -0.25) is 0 Å². The first-order valence-corrected chi connectivity index (χ1v) is 9.58. The van der Waals surface area contributed by atoms with Gasteiger partial charge < -0.3 is 19.5 Å². The van der Waals surface area contributed by atoms with E-state index in [1.807, 2.05) is 36.1 Å². The first-order chi connectivity index (χ1) is 13.2. The lowest BCUT2D eigenvalue weighted by Gasteiger charge is -2.22. The lowest BCUT2D eigenvalue weighted by molar-refractivity contribution is 0.210. The highest BCUT2D eigenvalue weighted by Gasteiger charge is 2.22. The van der Waals surface area contributed by atoms with E-state index < -0.39 is 0 Å². The van der Waals surface area contributed by atoms with E-state index in [0.717, 1.165) is 24.4 Å². The van der Waals surface area contributed by atoms with Crippen LogP contribution >= 0.6 is 0 Å². The van der Waals surface area contributed by atoms with Crippen LogP contribution in [-0.2, 0) is 19.5 Å². The van der Waals surface area contributed by atoms with Gasteiger partial charge in [-0.25, -0.2) is 4.79 Å². The zero-order valence-electron chi connectivity index (χ0n) is 15.9. The van der Waals surface area contributed by atoms with Gasteiger partial charge in [-0.1, -0.05) is 12.1 Å². The Morgan fingerprint density at radius 3 is 2.67 bits per heavy atom. The first-order valence-electron chi connectivity index (χ1n) is 9.58. The standard InChI is InChI=1S/C22H25N3O2/c1-3-24-14-17-12-13-25(15-16-6-5-7-20(24)21(16)17)22(26)23-18-8-10-19(11-9-18)27-4-2/h5-11,14H,3-4,12-13,15H2,1-2H3,(H,23,26). The van der Waals surface area contributed by atoms with Gasteiger partial charge in [-0.15, -0.1) is 0 Å². The topological polar surface area (TPSA) is 46.5 Å². The Morgan fingerprint density at radius 1 is 1.11 bits per heavy atom. The molecule has 1 aliphatic rings. The third-order valence-corrected chi connectivity index (χ3v) is 5.13. The van der Waals surface area contributed by atoms with Crippen LogP contribution in [0.4, 0.5) is 10.5 Å². The van der Waals surface area contributed by atoms with Crippen molar-refractivity contribution in [2.45, 2.75) is 33.4 Å². The molecule has 0 aliphatic carbocycles. The Kier molecular flexibility index (Phi) is 4.75. The molecule has 0 saturated carbocycles. The lowest BCUT2D eigenvalue weighted by Crippen LogP contribution is -2.35. The second-order valence-electron chi connectivity index (χ2n) is 6.81. The van der Waals surface area contributed by atoms with E-state index in [2.05, 4.69) is 41.2 Å². The number of hydrogen-bond donors (Lipinski definition) is 1. The summed E-state index contributed by atoms with van der Waals surface area (Å²) in [6, 6.07) is 13.8. The molecule has 1 N–H and O–H groups in total. The van der Waals surface area contributed by atoms with Gasteiger partial charge in [0.15, 0.2) is 0 Å². The van der Waals surface area contributed by atoms with Crippen molar-refractivity contribution in [3.8, 4) is 5.75 Å². The van der Waals surface area contributed by atoms with E-state index in [0.29, 0.717) is 19.7 Å². The monoisotopic (exact) mass is 363 g/mol. The maximum atomic E-state index is 12.8. The molecule has 140 valence electrons. The summed E-state index contributed by atoms with van der Waals surface area (Å²) in [5.41, 5.74) is 4.59. The number of aryl methyl sites for hydroxylation is 1. The Bertz CT molecular complexity index is 960. The molecule has 5 nitrogen and oxygen atoms in total. The number of aromatic nitrogens is 1. The van der Waals surface area contributed by atoms with Crippen molar-refractivity contribution in [3.63, 3.8) is 0 Å². The Hall–Kier alpha value is -2.95. The molecule has 1 aromatic heterocycles. The van der Waals surface area contributed by atoms with Crippen LogP contribution in [0.25, 0.3) is 10.9 Å². The van der Waals surface area contributed by atoms with Crippen molar-refractivity contribution in [2.75, 3.05) is 18.5 Å². The van der Waals surface area contributed by atoms with Gasteiger partial charge in [-0.2, -0.15) is 0 Å². The van der Waals surface area contributed by atoms with E-state index in [-0.39, 0.29) is 6.03 Å². The molecule has 0 bridgehead atoms. The molecule has 1 aliphatic heterocycles. The van der Waals surface area contributed by atoms with Crippen molar-refractivity contribution >= 4 is 22.6 Å². The minimum atomic E-state index is -0.0651. The largest absolute Gasteiger partial charge is 0.494 e. The smallest absolute Gasteiger partial charge is 0.322 e. The normalized spacial score (nSPS) is 13.5. The van der Waals surface area contributed by atoms with Crippen LogP contribution in [0.2, 0.25) is 0 Å².